The summed E-state index contributed by atoms with van der Waals surface area (Å²) in [4.78, 5) is 0. The van der Waals surface area contributed by atoms with E-state index in [1.165, 1.54) is 250 Å². The Morgan fingerprint density at radius 2 is 0.755 bits per heavy atom. The zero-order chi connectivity index (χ0) is 34.9. The van der Waals surface area contributed by atoms with Crippen molar-refractivity contribution in [3.05, 3.63) is 0 Å². The van der Waals surface area contributed by atoms with Crippen LogP contribution in [-0.2, 0) is 0 Å². The van der Waals surface area contributed by atoms with Crippen LogP contribution in [0.3, 0.4) is 0 Å². The second kappa shape index (κ2) is 33.8. The second-order valence-corrected chi connectivity index (χ2v) is 18.1. The number of hydrogen-bond acceptors (Lipinski definition) is 1. The van der Waals surface area contributed by atoms with Gasteiger partial charge in [-0.3, -0.25) is 0 Å². The monoisotopic (exact) mass is 686 g/mol. The lowest BCUT2D eigenvalue weighted by atomic mass is 9.80. The van der Waals surface area contributed by atoms with Crippen molar-refractivity contribution in [3.63, 3.8) is 0 Å². The molecule has 0 saturated heterocycles. The molecule has 0 spiro atoms. The normalized spacial score (nSPS) is 23.8. The molecular weight excluding hydrogens is 591 g/mol. The molecule has 0 aromatic heterocycles. The van der Waals surface area contributed by atoms with Crippen LogP contribution in [-0.4, -0.2) is 6.54 Å². The lowest BCUT2D eigenvalue weighted by Crippen LogP contribution is -2.12. The molecule has 1 heteroatoms. The van der Waals surface area contributed by atoms with Gasteiger partial charge in [0.05, 0.1) is 0 Å². The maximum Gasteiger partial charge on any atom is -0.00772 e. The van der Waals surface area contributed by atoms with Gasteiger partial charge in [-0.1, -0.05) is 251 Å². The van der Waals surface area contributed by atoms with E-state index in [1.807, 2.05) is 0 Å². The number of unbranched alkanes of at least 4 members (excludes halogenated alkanes) is 13. The van der Waals surface area contributed by atoms with Crippen LogP contribution in [0.15, 0.2) is 0 Å². The Morgan fingerprint density at radius 3 is 1.27 bits per heavy atom. The minimum atomic E-state index is 0.887. The van der Waals surface area contributed by atoms with Gasteiger partial charge in [-0.05, 0) is 55.4 Å². The Bertz CT molecular complexity index is 657. The van der Waals surface area contributed by atoms with Crippen molar-refractivity contribution in [1.29, 1.82) is 0 Å². The Balaban J connectivity index is 1.44. The molecule has 2 rings (SSSR count). The average Bonchev–Trinajstić information content (AvgIpc) is 3.14. The van der Waals surface area contributed by atoms with Crippen LogP contribution in [0.25, 0.3) is 0 Å². The van der Waals surface area contributed by atoms with Crippen molar-refractivity contribution < 1.29 is 0 Å². The smallest absolute Gasteiger partial charge is 0.00772 e. The lowest BCUT2D eigenvalue weighted by Gasteiger charge is -2.26. The Labute approximate surface area is 311 Å². The fourth-order valence-electron chi connectivity index (χ4n) is 10.3. The van der Waals surface area contributed by atoms with Crippen LogP contribution in [0.1, 0.15) is 271 Å². The zero-order valence-corrected chi connectivity index (χ0v) is 34.5. The summed E-state index contributed by atoms with van der Waals surface area (Å²) in [6, 6.07) is 0. The Morgan fingerprint density at radius 1 is 0.367 bits per heavy atom. The molecule has 0 aromatic rings. The highest BCUT2D eigenvalue weighted by Crippen LogP contribution is 2.33. The third kappa shape index (κ3) is 26.4. The molecule has 0 radical (unpaired) electrons. The molecular formula is C48H95N. The molecule has 2 fully saturated rings. The molecule has 0 aromatic carbocycles. The SMILES string of the molecule is CCCC[C@H](CCCCCCCCCCC1CCCCCC(CCC)C1)CCCCCCCC[C@@H]1CCCCCCC(CCCN)CCC1. The van der Waals surface area contributed by atoms with Gasteiger partial charge in [0.2, 0.25) is 0 Å². The van der Waals surface area contributed by atoms with Gasteiger partial charge in [0.1, 0.15) is 0 Å². The van der Waals surface area contributed by atoms with E-state index in [0.29, 0.717) is 0 Å². The van der Waals surface area contributed by atoms with Crippen molar-refractivity contribution in [2.75, 3.05) is 6.54 Å². The number of hydrogen-bond donors (Lipinski definition) is 1. The highest BCUT2D eigenvalue weighted by atomic mass is 14.5. The van der Waals surface area contributed by atoms with E-state index in [0.717, 1.165) is 36.1 Å². The summed E-state index contributed by atoms with van der Waals surface area (Å²) >= 11 is 0. The predicted octanol–water partition coefficient (Wildman–Crippen LogP) is 16.7. The highest BCUT2D eigenvalue weighted by Gasteiger charge is 2.18. The maximum atomic E-state index is 5.82. The minimum absolute atomic E-state index is 0.887. The van der Waals surface area contributed by atoms with Crippen molar-refractivity contribution in [2.45, 2.75) is 271 Å². The van der Waals surface area contributed by atoms with Gasteiger partial charge in [-0.2, -0.15) is 0 Å². The predicted molar refractivity (Wildman–Crippen MR) is 223 cm³/mol. The molecule has 292 valence electrons. The van der Waals surface area contributed by atoms with Gasteiger partial charge in [0.25, 0.3) is 0 Å². The van der Waals surface area contributed by atoms with E-state index in [-0.39, 0.29) is 0 Å². The first-order valence-corrected chi connectivity index (χ1v) is 23.9. The number of rotatable bonds is 28. The van der Waals surface area contributed by atoms with Gasteiger partial charge in [0, 0.05) is 0 Å². The fraction of sp³-hybridized carbons (Fsp3) is 1.00. The van der Waals surface area contributed by atoms with Crippen molar-refractivity contribution >= 4 is 0 Å². The van der Waals surface area contributed by atoms with Gasteiger partial charge >= 0.3 is 0 Å². The molecule has 0 heterocycles. The van der Waals surface area contributed by atoms with Crippen molar-refractivity contribution in [1.82, 2.24) is 0 Å². The highest BCUT2D eigenvalue weighted by molar-refractivity contribution is 4.71. The van der Waals surface area contributed by atoms with Gasteiger partial charge < -0.3 is 5.73 Å². The van der Waals surface area contributed by atoms with Crippen LogP contribution < -0.4 is 5.73 Å². The van der Waals surface area contributed by atoms with E-state index in [1.54, 1.807) is 6.42 Å². The van der Waals surface area contributed by atoms with Crippen molar-refractivity contribution in [2.24, 2.45) is 35.3 Å². The standard InChI is InChI=1S/C48H95N/c1-3-5-30-44(31-19-12-8-6-7-9-15-24-37-48-38-26-18-25-36-47(43-48)29-4-2)32-20-13-10-11-14-21-33-45-34-22-16-17-23-35-46(40-27-39-45)41-28-42-49/h44-48H,3-43,49H2,1-2H3/t44-,45-,46?,47?,48?/m1/s1. The molecule has 49 heavy (non-hydrogen) atoms. The summed E-state index contributed by atoms with van der Waals surface area (Å²) in [5, 5.41) is 0. The zero-order valence-electron chi connectivity index (χ0n) is 34.5. The van der Waals surface area contributed by atoms with E-state index in [9.17, 15) is 0 Å². The van der Waals surface area contributed by atoms with Crippen molar-refractivity contribution in [3.8, 4) is 0 Å². The molecule has 0 amide bonds. The maximum absolute atomic E-state index is 5.82. The van der Waals surface area contributed by atoms with Gasteiger partial charge in [-0.15, -0.1) is 0 Å². The Kier molecular flexibility index (Phi) is 31.1. The molecule has 5 atom stereocenters. The summed E-state index contributed by atoms with van der Waals surface area (Å²) in [6.45, 7) is 5.67. The van der Waals surface area contributed by atoms with E-state index >= 15 is 0 Å². The van der Waals surface area contributed by atoms with E-state index < -0.39 is 0 Å². The van der Waals surface area contributed by atoms with Crippen LogP contribution in [0.2, 0.25) is 0 Å². The Hall–Kier alpha value is -0.0400. The average molecular weight is 686 g/mol. The van der Waals surface area contributed by atoms with Crippen LogP contribution in [0.5, 0.6) is 0 Å². The summed E-state index contributed by atoms with van der Waals surface area (Å²) in [6.07, 6.45) is 59.5. The molecule has 2 saturated carbocycles. The molecule has 3 unspecified atom stereocenters. The molecule has 0 aliphatic heterocycles. The van der Waals surface area contributed by atoms with Gasteiger partial charge in [0.15, 0.2) is 0 Å². The minimum Gasteiger partial charge on any atom is -0.330 e. The molecule has 2 aliphatic rings. The topological polar surface area (TPSA) is 26.0 Å². The quantitative estimate of drug-likeness (QED) is 0.0815. The molecule has 2 aliphatic carbocycles. The third-order valence-electron chi connectivity index (χ3n) is 13.5. The lowest BCUT2D eigenvalue weighted by molar-refractivity contribution is 0.266. The molecule has 0 bridgehead atoms. The van der Waals surface area contributed by atoms with Crippen LogP contribution in [0, 0.1) is 29.6 Å². The van der Waals surface area contributed by atoms with Crippen LogP contribution in [0.4, 0.5) is 0 Å². The van der Waals surface area contributed by atoms with Gasteiger partial charge in [-0.25, -0.2) is 0 Å². The first kappa shape index (κ1) is 45.1. The molecule has 2 N–H and O–H groups in total. The largest absolute Gasteiger partial charge is 0.330 e. The van der Waals surface area contributed by atoms with E-state index in [4.69, 9.17) is 5.73 Å². The first-order valence-electron chi connectivity index (χ1n) is 23.9. The summed E-state index contributed by atoms with van der Waals surface area (Å²) in [7, 11) is 0. The third-order valence-corrected chi connectivity index (χ3v) is 13.5. The second-order valence-electron chi connectivity index (χ2n) is 18.1. The summed E-state index contributed by atoms with van der Waals surface area (Å²) in [5.41, 5.74) is 5.82. The molecule has 1 nitrogen and oxygen atoms in total. The van der Waals surface area contributed by atoms with E-state index in [2.05, 4.69) is 13.8 Å². The summed E-state index contributed by atoms with van der Waals surface area (Å²) in [5.74, 6) is 5.13. The fourth-order valence-corrected chi connectivity index (χ4v) is 10.3. The summed E-state index contributed by atoms with van der Waals surface area (Å²) < 4.78 is 0. The first-order chi connectivity index (χ1) is 24.2. The number of nitrogens with two attached hydrogens (primary N) is 1. The van der Waals surface area contributed by atoms with Crippen LogP contribution >= 0.6 is 0 Å².